The van der Waals surface area contributed by atoms with Crippen molar-refractivity contribution >= 4 is 23.9 Å². The quantitative estimate of drug-likeness (QED) is 0.558. The topological polar surface area (TPSA) is 43.4 Å². The van der Waals surface area contributed by atoms with Crippen LogP contribution in [0.25, 0.3) is 0 Å². The minimum absolute atomic E-state index is 0.231. The zero-order valence-electron chi connectivity index (χ0n) is 7.83. The Bertz CT molecular complexity index is 385. The van der Waals surface area contributed by atoms with E-state index in [0.29, 0.717) is 22.4 Å². The smallest absolute Gasteiger partial charge is 0.338 e. The summed E-state index contributed by atoms with van der Waals surface area (Å²) in [7, 11) is 1.26. The highest BCUT2D eigenvalue weighted by Gasteiger charge is 2.16. The number of halogens is 1. The molecule has 4 heteroatoms. The number of hydrogen-bond acceptors (Lipinski definition) is 3. The molecule has 0 aliphatic carbocycles. The van der Waals surface area contributed by atoms with Gasteiger partial charge in [0.25, 0.3) is 0 Å². The molecule has 0 aromatic heterocycles. The number of ether oxygens (including phenoxy) is 1. The van der Waals surface area contributed by atoms with Gasteiger partial charge in [0.2, 0.25) is 0 Å². The van der Waals surface area contributed by atoms with Gasteiger partial charge in [0, 0.05) is 10.6 Å². The number of hydrogen-bond donors (Lipinski definition) is 0. The second-order valence-corrected chi connectivity index (χ2v) is 3.15. The van der Waals surface area contributed by atoms with Crippen LogP contribution in [0, 0.1) is 6.92 Å². The molecule has 0 bridgehead atoms. The predicted octanol–water partition coefficient (Wildman–Crippen LogP) is 2.25. The fourth-order valence-corrected chi connectivity index (χ4v) is 1.34. The molecule has 0 amide bonds. The van der Waals surface area contributed by atoms with Gasteiger partial charge in [-0.15, -0.1) is 0 Å². The number of carbonyl (C=O) groups is 2. The summed E-state index contributed by atoms with van der Waals surface area (Å²) in [5.74, 6) is -0.549. The first-order chi connectivity index (χ1) is 6.61. The number of aldehydes is 1. The maximum atomic E-state index is 11.3. The zero-order chi connectivity index (χ0) is 10.7. The van der Waals surface area contributed by atoms with Crippen molar-refractivity contribution in [3.63, 3.8) is 0 Å². The van der Waals surface area contributed by atoms with Crippen LogP contribution in [0.2, 0.25) is 5.02 Å². The molecule has 1 aromatic carbocycles. The van der Waals surface area contributed by atoms with Crippen LogP contribution in [-0.4, -0.2) is 19.4 Å². The molecule has 3 nitrogen and oxygen atoms in total. The Morgan fingerprint density at radius 1 is 1.50 bits per heavy atom. The number of benzene rings is 1. The van der Waals surface area contributed by atoms with Gasteiger partial charge in [0.1, 0.15) is 0 Å². The Morgan fingerprint density at radius 3 is 2.64 bits per heavy atom. The second-order valence-electron chi connectivity index (χ2n) is 2.75. The van der Waals surface area contributed by atoms with Crippen LogP contribution in [0.4, 0.5) is 0 Å². The first-order valence-corrected chi connectivity index (χ1v) is 4.32. The number of esters is 1. The lowest BCUT2D eigenvalue weighted by molar-refractivity contribution is 0.0597. The zero-order valence-corrected chi connectivity index (χ0v) is 8.59. The molecule has 0 unspecified atom stereocenters. The van der Waals surface area contributed by atoms with Crippen LogP contribution < -0.4 is 0 Å². The van der Waals surface area contributed by atoms with Gasteiger partial charge in [-0.2, -0.15) is 0 Å². The van der Waals surface area contributed by atoms with Crippen LogP contribution in [0.15, 0.2) is 12.1 Å². The van der Waals surface area contributed by atoms with Crippen LogP contribution >= 0.6 is 11.6 Å². The Hall–Kier alpha value is -1.35. The molecule has 74 valence electrons. The van der Waals surface area contributed by atoms with E-state index in [2.05, 4.69) is 4.74 Å². The highest BCUT2D eigenvalue weighted by Crippen LogP contribution is 2.22. The lowest BCUT2D eigenvalue weighted by atomic mass is 10.0. The average molecular weight is 213 g/mol. The fourth-order valence-electron chi connectivity index (χ4n) is 1.18. The van der Waals surface area contributed by atoms with E-state index in [0.717, 1.165) is 0 Å². The summed E-state index contributed by atoms with van der Waals surface area (Å²) in [4.78, 5) is 22.0. The molecule has 0 N–H and O–H groups in total. The highest BCUT2D eigenvalue weighted by atomic mass is 35.5. The molecule has 0 spiro atoms. The largest absolute Gasteiger partial charge is 0.465 e. The molecular formula is C10H9ClO3. The Balaban J connectivity index is 3.42. The highest BCUT2D eigenvalue weighted by molar-refractivity contribution is 6.32. The molecular weight excluding hydrogens is 204 g/mol. The first kappa shape index (κ1) is 10.7. The predicted molar refractivity (Wildman–Crippen MR) is 52.9 cm³/mol. The Kier molecular flexibility index (Phi) is 3.25. The summed E-state index contributed by atoms with van der Waals surface area (Å²) in [5.41, 5.74) is 1.08. The summed E-state index contributed by atoms with van der Waals surface area (Å²) >= 11 is 5.82. The molecule has 0 saturated carbocycles. The Morgan fingerprint density at radius 2 is 2.14 bits per heavy atom. The fraction of sp³-hybridized carbons (Fsp3) is 0.200. The minimum atomic E-state index is -0.549. The maximum Gasteiger partial charge on any atom is 0.338 e. The SMILES string of the molecule is COC(=O)c1c(C=O)ccc(Cl)c1C. The maximum absolute atomic E-state index is 11.3. The molecule has 0 aliphatic rings. The molecule has 0 fully saturated rings. The van der Waals surface area contributed by atoms with E-state index in [1.807, 2.05) is 0 Å². The molecule has 0 aliphatic heterocycles. The number of carbonyl (C=O) groups excluding carboxylic acids is 2. The van der Waals surface area contributed by atoms with E-state index < -0.39 is 5.97 Å². The average Bonchev–Trinajstić information content (AvgIpc) is 2.20. The summed E-state index contributed by atoms with van der Waals surface area (Å²) in [5, 5.41) is 0.441. The van der Waals surface area contributed by atoms with Crippen molar-refractivity contribution in [1.82, 2.24) is 0 Å². The summed E-state index contributed by atoms with van der Waals surface area (Å²) < 4.78 is 4.56. The van der Waals surface area contributed by atoms with Crippen molar-refractivity contribution in [3.05, 3.63) is 33.8 Å². The van der Waals surface area contributed by atoms with Crippen molar-refractivity contribution in [2.45, 2.75) is 6.92 Å². The molecule has 0 atom stereocenters. The third kappa shape index (κ3) is 1.77. The third-order valence-corrected chi connectivity index (χ3v) is 2.36. The van der Waals surface area contributed by atoms with Gasteiger partial charge in [-0.25, -0.2) is 4.79 Å². The molecule has 0 heterocycles. The summed E-state index contributed by atoms with van der Waals surface area (Å²) in [6.07, 6.45) is 0.607. The Labute approximate surface area is 86.6 Å². The third-order valence-electron chi connectivity index (χ3n) is 1.95. The standard InChI is InChI=1S/C10H9ClO3/c1-6-8(11)4-3-7(5-12)9(6)10(13)14-2/h3-5H,1-2H3. The van der Waals surface area contributed by atoms with Crippen molar-refractivity contribution in [2.24, 2.45) is 0 Å². The van der Waals surface area contributed by atoms with Crippen molar-refractivity contribution in [2.75, 3.05) is 7.11 Å². The number of methoxy groups -OCH3 is 1. The molecule has 0 radical (unpaired) electrons. The van der Waals surface area contributed by atoms with E-state index in [-0.39, 0.29) is 5.56 Å². The van der Waals surface area contributed by atoms with Gasteiger partial charge in [-0.1, -0.05) is 11.6 Å². The summed E-state index contributed by atoms with van der Waals surface area (Å²) in [6.45, 7) is 1.67. The number of rotatable bonds is 2. The van der Waals surface area contributed by atoms with Gasteiger partial charge in [-0.05, 0) is 24.6 Å². The normalized spacial score (nSPS) is 9.64. The lowest BCUT2D eigenvalue weighted by Gasteiger charge is -2.07. The monoisotopic (exact) mass is 212 g/mol. The lowest BCUT2D eigenvalue weighted by Crippen LogP contribution is -2.08. The van der Waals surface area contributed by atoms with E-state index >= 15 is 0 Å². The molecule has 1 rings (SSSR count). The molecule has 0 saturated heterocycles. The van der Waals surface area contributed by atoms with Crippen molar-refractivity contribution in [3.8, 4) is 0 Å². The van der Waals surface area contributed by atoms with Crippen LogP contribution in [-0.2, 0) is 4.74 Å². The van der Waals surface area contributed by atoms with Gasteiger partial charge in [-0.3, -0.25) is 4.79 Å². The van der Waals surface area contributed by atoms with Gasteiger partial charge >= 0.3 is 5.97 Å². The summed E-state index contributed by atoms with van der Waals surface area (Å²) in [6, 6.07) is 3.07. The van der Waals surface area contributed by atoms with Crippen LogP contribution in [0.5, 0.6) is 0 Å². The van der Waals surface area contributed by atoms with Gasteiger partial charge in [0.05, 0.1) is 12.7 Å². The minimum Gasteiger partial charge on any atom is -0.465 e. The van der Waals surface area contributed by atoms with Gasteiger partial charge < -0.3 is 4.74 Å². The van der Waals surface area contributed by atoms with E-state index in [1.54, 1.807) is 13.0 Å². The van der Waals surface area contributed by atoms with Crippen molar-refractivity contribution in [1.29, 1.82) is 0 Å². The van der Waals surface area contributed by atoms with Crippen LogP contribution in [0.1, 0.15) is 26.3 Å². The van der Waals surface area contributed by atoms with Crippen LogP contribution in [0.3, 0.4) is 0 Å². The van der Waals surface area contributed by atoms with E-state index in [4.69, 9.17) is 11.6 Å². The van der Waals surface area contributed by atoms with Crippen molar-refractivity contribution < 1.29 is 14.3 Å². The second kappa shape index (κ2) is 4.24. The van der Waals surface area contributed by atoms with Gasteiger partial charge in [0.15, 0.2) is 6.29 Å². The van der Waals surface area contributed by atoms with E-state index in [9.17, 15) is 9.59 Å². The van der Waals surface area contributed by atoms with E-state index in [1.165, 1.54) is 13.2 Å². The first-order valence-electron chi connectivity index (χ1n) is 3.94. The molecule has 14 heavy (non-hydrogen) atoms. The molecule has 1 aromatic rings.